The van der Waals surface area contributed by atoms with Gasteiger partial charge in [0.05, 0.1) is 30.5 Å². The lowest BCUT2D eigenvalue weighted by atomic mass is 9.98. The Morgan fingerprint density at radius 2 is 1.28 bits per heavy atom. The summed E-state index contributed by atoms with van der Waals surface area (Å²) in [7, 11) is 0. The lowest BCUT2D eigenvalue weighted by Gasteiger charge is -2.25. The van der Waals surface area contributed by atoms with Gasteiger partial charge in [-0.1, -0.05) is 103 Å². The maximum atomic E-state index is 11.8. The predicted molar refractivity (Wildman–Crippen MR) is 187 cm³/mol. The third kappa shape index (κ3) is 19.3. The molecule has 2 aliphatic heterocycles. The van der Waals surface area contributed by atoms with Gasteiger partial charge in [0.15, 0.2) is 0 Å². The maximum absolute atomic E-state index is 11.8. The SMILES string of the molecule is CCCCCCCCCCCC[C@@H](O)[C@H]1CC[C@H]([C@H](O)CC(CCCCC(O)CCCCCCCC2=C[C@H](C)OC2=O)OC(C)=O)O1. The van der Waals surface area contributed by atoms with Crippen molar-refractivity contribution in [3.05, 3.63) is 11.6 Å². The average molecular weight is 667 g/mol. The van der Waals surface area contributed by atoms with E-state index in [-0.39, 0.29) is 42.5 Å². The summed E-state index contributed by atoms with van der Waals surface area (Å²) in [5.41, 5.74) is 0.809. The molecule has 0 aromatic carbocycles. The summed E-state index contributed by atoms with van der Waals surface area (Å²) < 4.78 is 16.8. The molecule has 2 rings (SSSR count). The molecule has 0 bridgehead atoms. The zero-order valence-electron chi connectivity index (χ0n) is 30.2. The lowest BCUT2D eigenvalue weighted by molar-refractivity contribution is -0.150. The van der Waals surface area contributed by atoms with Crippen molar-refractivity contribution in [2.24, 2.45) is 0 Å². The molecule has 8 heteroatoms. The van der Waals surface area contributed by atoms with Crippen LogP contribution in [0.4, 0.5) is 0 Å². The van der Waals surface area contributed by atoms with Gasteiger partial charge in [0.25, 0.3) is 0 Å². The number of aliphatic hydroxyl groups excluding tert-OH is 3. The molecule has 1 fully saturated rings. The van der Waals surface area contributed by atoms with Crippen LogP contribution in [0.5, 0.6) is 0 Å². The van der Waals surface area contributed by atoms with E-state index in [1.54, 1.807) is 0 Å². The molecule has 0 saturated carbocycles. The summed E-state index contributed by atoms with van der Waals surface area (Å²) in [6.07, 6.45) is 24.3. The molecule has 0 aromatic heterocycles. The molecular weight excluding hydrogens is 596 g/mol. The molecule has 7 atom stereocenters. The zero-order chi connectivity index (χ0) is 34.3. The number of rotatable bonds is 29. The van der Waals surface area contributed by atoms with Gasteiger partial charge in [0.1, 0.15) is 12.2 Å². The van der Waals surface area contributed by atoms with E-state index in [4.69, 9.17) is 14.2 Å². The van der Waals surface area contributed by atoms with E-state index in [0.29, 0.717) is 25.7 Å². The van der Waals surface area contributed by atoms with Crippen molar-refractivity contribution in [3.8, 4) is 0 Å². The molecule has 8 nitrogen and oxygen atoms in total. The van der Waals surface area contributed by atoms with Gasteiger partial charge in [0, 0.05) is 18.9 Å². The minimum atomic E-state index is -0.744. The van der Waals surface area contributed by atoms with Gasteiger partial charge in [-0.05, 0) is 70.8 Å². The summed E-state index contributed by atoms with van der Waals surface area (Å²) in [5, 5.41) is 32.1. The van der Waals surface area contributed by atoms with Crippen LogP contribution in [0.2, 0.25) is 0 Å². The fourth-order valence-electron chi connectivity index (χ4n) is 7.10. The molecule has 2 aliphatic rings. The molecule has 0 amide bonds. The minimum absolute atomic E-state index is 0.0951. The first-order valence-corrected chi connectivity index (χ1v) is 19.5. The molecule has 3 N–H and O–H groups in total. The van der Waals surface area contributed by atoms with Crippen LogP contribution in [0.15, 0.2) is 11.6 Å². The van der Waals surface area contributed by atoms with Crippen molar-refractivity contribution in [1.82, 2.24) is 0 Å². The third-order valence-electron chi connectivity index (χ3n) is 9.92. The zero-order valence-corrected chi connectivity index (χ0v) is 30.2. The van der Waals surface area contributed by atoms with Crippen molar-refractivity contribution in [3.63, 3.8) is 0 Å². The summed E-state index contributed by atoms with van der Waals surface area (Å²) in [5.74, 6) is -0.522. The van der Waals surface area contributed by atoms with Gasteiger partial charge in [-0.15, -0.1) is 0 Å². The molecule has 0 aliphatic carbocycles. The number of cyclic esters (lactones) is 1. The summed E-state index contributed by atoms with van der Waals surface area (Å²) in [6.45, 7) is 5.53. The molecule has 0 spiro atoms. The predicted octanol–water partition coefficient (Wildman–Crippen LogP) is 8.41. The number of aliphatic hydroxyl groups is 3. The Bertz CT molecular complexity index is 860. The Morgan fingerprint density at radius 3 is 1.85 bits per heavy atom. The molecule has 274 valence electrons. The number of ether oxygens (including phenoxy) is 3. The molecule has 2 unspecified atom stereocenters. The topological polar surface area (TPSA) is 123 Å². The summed E-state index contributed by atoms with van der Waals surface area (Å²) in [4.78, 5) is 23.4. The molecule has 0 radical (unpaired) electrons. The highest BCUT2D eigenvalue weighted by molar-refractivity contribution is 5.90. The lowest BCUT2D eigenvalue weighted by Crippen LogP contribution is -2.34. The van der Waals surface area contributed by atoms with E-state index in [2.05, 4.69) is 6.92 Å². The van der Waals surface area contributed by atoms with Gasteiger partial charge in [-0.25, -0.2) is 4.79 Å². The highest BCUT2D eigenvalue weighted by Gasteiger charge is 2.35. The number of unbranched alkanes of at least 4 members (excludes halogenated alkanes) is 14. The summed E-state index contributed by atoms with van der Waals surface area (Å²) in [6, 6.07) is 0. The Hall–Kier alpha value is -1.48. The Kier molecular flexibility index (Phi) is 22.6. The van der Waals surface area contributed by atoms with Crippen LogP contribution >= 0.6 is 0 Å². The largest absolute Gasteiger partial charge is 0.462 e. The molecule has 2 heterocycles. The van der Waals surface area contributed by atoms with Crippen LogP contribution in [0.1, 0.15) is 181 Å². The summed E-state index contributed by atoms with van der Waals surface area (Å²) >= 11 is 0. The van der Waals surface area contributed by atoms with E-state index in [1.165, 1.54) is 58.3 Å². The van der Waals surface area contributed by atoms with Crippen LogP contribution in [0.3, 0.4) is 0 Å². The Labute approximate surface area is 286 Å². The van der Waals surface area contributed by atoms with Crippen molar-refractivity contribution >= 4 is 11.9 Å². The second-order valence-corrected chi connectivity index (χ2v) is 14.4. The minimum Gasteiger partial charge on any atom is -0.462 e. The van der Waals surface area contributed by atoms with Crippen LogP contribution in [-0.2, 0) is 23.8 Å². The first-order valence-electron chi connectivity index (χ1n) is 19.5. The molecule has 1 saturated heterocycles. The van der Waals surface area contributed by atoms with E-state index in [0.717, 1.165) is 89.0 Å². The smallest absolute Gasteiger partial charge is 0.334 e. The van der Waals surface area contributed by atoms with Crippen LogP contribution in [0.25, 0.3) is 0 Å². The highest BCUT2D eigenvalue weighted by atomic mass is 16.6. The molecule has 0 aromatic rings. The van der Waals surface area contributed by atoms with E-state index >= 15 is 0 Å². The van der Waals surface area contributed by atoms with Crippen molar-refractivity contribution < 1.29 is 39.1 Å². The van der Waals surface area contributed by atoms with Crippen LogP contribution in [0, 0.1) is 0 Å². The molecule has 47 heavy (non-hydrogen) atoms. The second-order valence-electron chi connectivity index (χ2n) is 14.4. The monoisotopic (exact) mass is 667 g/mol. The third-order valence-corrected chi connectivity index (χ3v) is 9.92. The quantitative estimate of drug-likeness (QED) is 0.0537. The van der Waals surface area contributed by atoms with Gasteiger partial charge >= 0.3 is 11.9 Å². The van der Waals surface area contributed by atoms with Gasteiger partial charge in [-0.2, -0.15) is 0 Å². The average Bonchev–Trinajstić information content (AvgIpc) is 3.65. The number of esters is 2. The normalized spacial score (nSPS) is 22.1. The first kappa shape index (κ1) is 41.7. The fraction of sp³-hybridized carbons (Fsp3) is 0.897. The number of hydrogen-bond acceptors (Lipinski definition) is 8. The van der Waals surface area contributed by atoms with Crippen molar-refractivity contribution in [2.75, 3.05) is 0 Å². The second kappa shape index (κ2) is 25.5. The van der Waals surface area contributed by atoms with E-state index in [1.807, 2.05) is 13.0 Å². The van der Waals surface area contributed by atoms with E-state index in [9.17, 15) is 24.9 Å². The van der Waals surface area contributed by atoms with Gasteiger partial charge in [0.2, 0.25) is 0 Å². The Morgan fingerprint density at radius 1 is 0.766 bits per heavy atom. The standard InChI is InChI=1S/C39H70O8/c1-4-5-6-7-8-9-10-11-15-18-25-35(42)37-26-27-38(47-37)36(43)29-34(46-31(3)40)24-20-19-23-33(41)22-17-14-12-13-16-21-32-28-30(2)45-39(32)44/h28,30,33-38,41-43H,4-27,29H2,1-3H3/t30-,33?,34?,35+,36+,37+,38+/m0/s1. The van der Waals surface area contributed by atoms with Gasteiger partial charge < -0.3 is 29.5 Å². The first-order chi connectivity index (χ1) is 22.7. The van der Waals surface area contributed by atoms with Crippen molar-refractivity contribution in [1.29, 1.82) is 0 Å². The number of carbonyl (C=O) groups is 2. The number of carbonyl (C=O) groups excluding carboxylic acids is 2. The van der Waals surface area contributed by atoms with Gasteiger partial charge in [-0.3, -0.25) is 4.79 Å². The number of hydrogen-bond donors (Lipinski definition) is 3. The van der Waals surface area contributed by atoms with E-state index < -0.39 is 12.2 Å². The van der Waals surface area contributed by atoms with Crippen molar-refractivity contribution in [2.45, 2.75) is 224 Å². The molecular formula is C39H70O8. The van der Waals surface area contributed by atoms with Crippen LogP contribution in [-0.4, -0.2) is 70.0 Å². The van der Waals surface area contributed by atoms with Crippen LogP contribution < -0.4 is 0 Å². The highest BCUT2D eigenvalue weighted by Crippen LogP contribution is 2.29. The fourth-order valence-corrected chi connectivity index (χ4v) is 7.10. The Balaban J connectivity index is 1.52. The maximum Gasteiger partial charge on any atom is 0.334 e.